The number of alkyl halides is 2. The lowest BCUT2D eigenvalue weighted by Crippen LogP contribution is -2.06. The monoisotopic (exact) mass is 296 g/mol. The largest absolute Gasteiger partial charge is 0.435 e. The lowest BCUT2D eigenvalue weighted by atomic mass is 10.0. The Morgan fingerprint density at radius 2 is 1.90 bits per heavy atom. The molecule has 2 aromatic rings. The van der Waals surface area contributed by atoms with Gasteiger partial charge in [0.2, 0.25) is 0 Å². The van der Waals surface area contributed by atoms with Crippen LogP contribution in [0.3, 0.4) is 0 Å². The highest BCUT2D eigenvalue weighted by atomic mass is 35.5. The van der Waals surface area contributed by atoms with E-state index in [0.29, 0.717) is 16.1 Å². The molecule has 0 aromatic heterocycles. The summed E-state index contributed by atoms with van der Waals surface area (Å²) in [5, 5.41) is 0.501. The zero-order chi connectivity index (χ0) is 14.5. The number of rotatable bonds is 5. The van der Waals surface area contributed by atoms with Crippen LogP contribution in [0.4, 0.5) is 8.78 Å². The molecule has 0 heterocycles. The van der Waals surface area contributed by atoms with E-state index in [0.717, 1.165) is 0 Å². The number of benzene rings is 2. The maximum absolute atomic E-state index is 12.1. The summed E-state index contributed by atoms with van der Waals surface area (Å²) in [7, 11) is 0. The first-order valence-corrected chi connectivity index (χ1v) is 6.25. The minimum absolute atomic E-state index is 0.0370. The Morgan fingerprint density at radius 3 is 2.60 bits per heavy atom. The second-order valence-electron chi connectivity index (χ2n) is 4.10. The van der Waals surface area contributed by atoms with E-state index in [1.54, 1.807) is 30.3 Å². The van der Waals surface area contributed by atoms with Crippen LogP contribution >= 0.6 is 11.6 Å². The van der Waals surface area contributed by atoms with E-state index in [2.05, 4.69) is 4.74 Å². The molecule has 0 amide bonds. The second kappa shape index (κ2) is 6.48. The van der Waals surface area contributed by atoms with Gasteiger partial charge in [-0.15, -0.1) is 0 Å². The van der Waals surface area contributed by atoms with Gasteiger partial charge in [-0.3, -0.25) is 4.79 Å². The number of hydrogen-bond donors (Lipinski definition) is 0. The molecule has 0 aliphatic rings. The standard InChI is InChI=1S/C15H11ClF2O2/c16-13-7-2-1-4-10(13)9-14(19)11-5-3-6-12(8-11)20-15(17)18/h1-8,15H,9H2. The van der Waals surface area contributed by atoms with E-state index >= 15 is 0 Å². The number of Topliss-reactive ketones (excluding diaryl/α,β-unsaturated/α-hetero) is 1. The van der Waals surface area contributed by atoms with Crippen LogP contribution in [0.1, 0.15) is 15.9 Å². The van der Waals surface area contributed by atoms with Gasteiger partial charge in [0.25, 0.3) is 0 Å². The van der Waals surface area contributed by atoms with Gasteiger partial charge in [-0.05, 0) is 23.8 Å². The van der Waals surface area contributed by atoms with E-state index in [9.17, 15) is 13.6 Å². The summed E-state index contributed by atoms with van der Waals surface area (Å²) in [4.78, 5) is 12.1. The third kappa shape index (κ3) is 3.78. The number of halogens is 3. The quantitative estimate of drug-likeness (QED) is 0.766. The fraction of sp³-hybridized carbons (Fsp3) is 0.133. The highest BCUT2D eigenvalue weighted by Crippen LogP contribution is 2.20. The van der Waals surface area contributed by atoms with Gasteiger partial charge in [0.1, 0.15) is 5.75 Å². The Kier molecular flexibility index (Phi) is 4.69. The molecule has 0 saturated carbocycles. The van der Waals surface area contributed by atoms with E-state index in [-0.39, 0.29) is 18.0 Å². The van der Waals surface area contributed by atoms with Crippen LogP contribution in [0.25, 0.3) is 0 Å². The lowest BCUT2D eigenvalue weighted by molar-refractivity contribution is -0.0498. The molecule has 0 radical (unpaired) electrons. The van der Waals surface area contributed by atoms with Gasteiger partial charge < -0.3 is 4.74 Å². The molecule has 0 fully saturated rings. The maximum Gasteiger partial charge on any atom is 0.387 e. The SMILES string of the molecule is O=C(Cc1ccccc1Cl)c1cccc(OC(F)F)c1. The first kappa shape index (κ1) is 14.5. The summed E-state index contributed by atoms with van der Waals surface area (Å²) in [6.45, 7) is -2.91. The van der Waals surface area contributed by atoms with Gasteiger partial charge >= 0.3 is 6.61 Å². The summed E-state index contributed by atoms with van der Waals surface area (Å²) in [6.07, 6.45) is 0.109. The zero-order valence-corrected chi connectivity index (χ0v) is 11.1. The molecule has 5 heteroatoms. The summed E-state index contributed by atoms with van der Waals surface area (Å²) >= 11 is 5.98. The third-order valence-corrected chi connectivity index (χ3v) is 3.06. The smallest absolute Gasteiger partial charge is 0.387 e. The van der Waals surface area contributed by atoms with Crippen molar-refractivity contribution >= 4 is 17.4 Å². The fourth-order valence-electron chi connectivity index (χ4n) is 1.76. The predicted octanol–water partition coefficient (Wildman–Crippen LogP) is 4.37. The number of hydrogen-bond acceptors (Lipinski definition) is 2. The van der Waals surface area contributed by atoms with Gasteiger partial charge in [0.15, 0.2) is 5.78 Å². The summed E-state index contributed by atoms with van der Waals surface area (Å²) < 4.78 is 28.5. The summed E-state index contributed by atoms with van der Waals surface area (Å²) in [6, 6.07) is 12.7. The van der Waals surface area contributed by atoms with Crippen LogP contribution in [0.2, 0.25) is 5.02 Å². The molecule has 20 heavy (non-hydrogen) atoms. The summed E-state index contributed by atoms with van der Waals surface area (Å²) in [5.74, 6) is -0.247. The Labute approximate surface area is 119 Å². The minimum Gasteiger partial charge on any atom is -0.435 e. The van der Waals surface area contributed by atoms with Gasteiger partial charge in [-0.1, -0.05) is 41.9 Å². The number of ketones is 1. The Hall–Kier alpha value is -1.94. The van der Waals surface area contributed by atoms with Crippen LogP contribution in [0.5, 0.6) is 5.75 Å². The molecule has 0 atom stereocenters. The average Bonchev–Trinajstić information content (AvgIpc) is 2.41. The van der Waals surface area contributed by atoms with Gasteiger partial charge in [0.05, 0.1) is 0 Å². The number of ether oxygens (including phenoxy) is 1. The normalized spacial score (nSPS) is 10.6. The third-order valence-electron chi connectivity index (χ3n) is 2.69. The van der Waals surface area contributed by atoms with E-state index in [1.165, 1.54) is 18.2 Å². The van der Waals surface area contributed by atoms with Gasteiger partial charge in [0, 0.05) is 17.0 Å². The van der Waals surface area contributed by atoms with Crippen molar-refractivity contribution in [2.45, 2.75) is 13.0 Å². The Bertz CT molecular complexity index is 614. The van der Waals surface area contributed by atoms with Crippen molar-refractivity contribution in [3.8, 4) is 5.75 Å². The lowest BCUT2D eigenvalue weighted by Gasteiger charge is -2.07. The highest BCUT2D eigenvalue weighted by molar-refractivity contribution is 6.31. The molecule has 2 nitrogen and oxygen atoms in total. The molecule has 0 bridgehead atoms. The predicted molar refractivity (Wildman–Crippen MR) is 72.6 cm³/mol. The van der Waals surface area contributed by atoms with Crippen LogP contribution < -0.4 is 4.74 Å². The fourth-order valence-corrected chi connectivity index (χ4v) is 1.97. The van der Waals surface area contributed by atoms with Gasteiger partial charge in [-0.2, -0.15) is 8.78 Å². The zero-order valence-electron chi connectivity index (χ0n) is 10.4. The van der Waals surface area contributed by atoms with Crippen LogP contribution in [-0.2, 0) is 6.42 Å². The van der Waals surface area contributed by atoms with Crippen LogP contribution in [0.15, 0.2) is 48.5 Å². The topological polar surface area (TPSA) is 26.3 Å². The van der Waals surface area contributed by atoms with E-state index < -0.39 is 6.61 Å². The number of carbonyl (C=O) groups is 1. The van der Waals surface area contributed by atoms with E-state index in [1.807, 2.05) is 0 Å². The van der Waals surface area contributed by atoms with Crippen molar-refractivity contribution in [2.24, 2.45) is 0 Å². The number of carbonyl (C=O) groups excluding carboxylic acids is 1. The molecule has 2 rings (SSSR count). The molecule has 0 N–H and O–H groups in total. The molecule has 2 aromatic carbocycles. The molecular formula is C15H11ClF2O2. The summed E-state index contributed by atoms with van der Waals surface area (Å²) in [5.41, 5.74) is 1.00. The van der Waals surface area contributed by atoms with Crippen molar-refractivity contribution < 1.29 is 18.3 Å². The first-order valence-electron chi connectivity index (χ1n) is 5.88. The molecule has 104 valence electrons. The Morgan fingerprint density at radius 1 is 1.15 bits per heavy atom. The minimum atomic E-state index is -2.91. The molecule has 0 unspecified atom stereocenters. The van der Waals surface area contributed by atoms with Crippen molar-refractivity contribution in [3.63, 3.8) is 0 Å². The van der Waals surface area contributed by atoms with Crippen molar-refractivity contribution in [2.75, 3.05) is 0 Å². The molecular weight excluding hydrogens is 286 g/mol. The van der Waals surface area contributed by atoms with Crippen LogP contribution in [0, 0.1) is 0 Å². The highest BCUT2D eigenvalue weighted by Gasteiger charge is 2.11. The first-order chi connectivity index (χ1) is 9.56. The molecule has 0 aliphatic carbocycles. The molecule has 0 spiro atoms. The van der Waals surface area contributed by atoms with Crippen molar-refractivity contribution in [1.29, 1.82) is 0 Å². The second-order valence-corrected chi connectivity index (χ2v) is 4.50. The van der Waals surface area contributed by atoms with E-state index in [4.69, 9.17) is 11.6 Å². The molecule has 0 aliphatic heterocycles. The van der Waals surface area contributed by atoms with Crippen LogP contribution in [-0.4, -0.2) is 12.4 Å². The van der Waals surface area contributed by atoms with Gasteiger partial charge in [-0.25, -0.2) is 0 Å². The maximum atomic E-state index is 12.1. The van der Waals surface area contributed by atoms with Crippen molar-refractivity contribution in [3.05, 3.63) is 64.7 Å². The molecule has 0 saturated heterocycles. The Balaban J connectivity index is 2.15. The average molecular weight is 297 g/mol. The van der Waals surface area contributed by atoms with Crippen molar-refractivity contribution in [1.82, 2.24) is 0 Å².